The SMILES string of the molecule is COCCN(CCOC)C(=O)[C@H](C)O. The van der Waals surface area contributed by atoms with Crippen molar-refractivity contribution in [3.8, 4) is 0 Å². The lowest BCUT2D eigenvalue weighted by atomic mass is 10.3. The predicted molar refractivity (Wildman–Crippen MR) is 52.0 cm³/mol. The van der Waals surface area contributed by atoms with Gasteiger partial charge in [0, 0.05) is 27.3 Å². The summed E-state index contributed by atoms with van der Waals surface area (Å²) < 4.78 is 9.73. The fourth-order valence-corrected chi connectivity index (χ4v) is 0.999. The van der Waals surface area contributed by atoms with Gasteiger partial charge in [0.1, 0.15) is 6.10 Å². The van der Waals surface area contributed by atoms with Crippen molar-refractivity contribution in [1.29, 1.82) is 0 Å². The number of ether oxygens (including phenoxy) is 2. The summed E-state index contributed by atoms with van der Waals surface area (Å²) in [6.07, 6.45) is -0.969. The Morgan fingerprint density at radius 1 is 1.29 bits per heavy atom. The fraction of sp³-hybridized carbons (Fsp3) is 0.889. The van der Waals surface area contributed by atoms with Crippen LogP contribution in [0.2, 0.25) is 0 Å². The van der Waals surface area contributed by atoms with Gasteiger partial charge in [-0.3, -0.25) is 4.79 Å². The summed E-state index contributed by atoms with van der Waals surface area (Å²) in [5, 5.41) is 9.12. The summed E-state index contributed by atoms with van der Waals surface area (Å²) in [5.74, 6) is -0.292. The van der Waals surface area contributed by atoms with Gasteiger partial charge in [-0.15, -0.1) is 0 Å². The van der Waals surface area contributed by atoms with E-state index in [1.165, 1.54) is 11.8 Å². The van der Waals surface area contributed by atoms with E-state index >= 15 is 0 Å². The van der Waals surface area contributed by atoms with E-state index in [9.17, 15) is 4.79 Å². The summed E-state index contributed by atoms with van der Waals surface area (Å²) >= 11 is 0. The highest BCUT2D eigenvalue weighted by atomic mass is 16.5. The molecule has 0 unspecified atom stereocenters. The van der Waals surface area contributed by atoms with Crippen molar-refractivity contribution in [3.05, 3.63) is 0 Å². The summed E-state index contributed by atoms with van der Waals surface area (Å²) in [7, 11) is 3.14. The van der Waals surface area contributed by atoms with Gasteiger partial charge in [-0.25, -0.2) is 0 Å². The van der Waals surface area contributed by atoms with Crippen LogP contribution in [0.25, 0.3) is 0 Å². The number of hydrogen-bond acceptors (Lipinski definition) is 4. The Balaban J connectivity index is 4.01. The van der Waals surface area contributed by atoms with Crippen molar-refractivity contribution >= 4 is 5.91 Å². The molecule has 5 heteroatoms. The van der Waals surface area contributed by atoms with E-state index in [1.54, 1.807) is 14.2 Å². The lowest BCUT2D eigenvalue weighted by Gasteiger charge is -2.23. The van der Waals surface area contributed by atoms with Crippen molar-refractivity contribution in [2.75, 3.05) is 40.5 Å². The van der Waals surface area contributed by atoms with E-state index in [1.807, 2.05) is 0 Å². The zero-order valence-electron chi connectivity index (χ0n) is 9.02. The number of rotatable bonds is 7. The Hall–Kier alpha value is -0.650. The summed E-state index contributed by atoms with van der Waals surface area (Å²) in [6, 6.07) is 0. The van der Waals surface area contributed by atoms with Gasteiger partial charge in [-0.1, -0.05) is 0 Å². The molecule has 0 spiro atoms. The van der Waals surface area contributed by atoms with Gasteiger partial charge in [-0.05, 0) is 6.92 Å². The average Bonchev–Trinajstić information content (AvgIpc) is 2.17. The standard InChI is InChI=1S/C9H19NO4/c1-8(11)9(12)10(4-6-13-2)5-7-14-3/h8,11H,4-7H2,1-3H3/t8-/m0/s1. The molecule has 0 radical (unpaired) electrons. The van der Waals surface area contributed by atoms with E-state index in [4.69, 9.17) is 14.6 Å². The second kappa shape index (κ2) is 7.73. The number of nitrogens with zero attached hydrogens (tertiary/aromatic N) is 1. The minimum Gasteiger partial charge on any atom is -0.384 e. The smallest absolute Gasteiger partial charge is 0.251 e. The molecule has 0 saturated carbocycles. The van der Waals surface area contributed by atoms with Crippen LogP contribution >= 0.6 is 0 Å². The van der Waals surface area contributed by atoms with Crippen LogP contribution in [0.3, 0.4) is 0 Å². The topological polar surface area (TPSA) is 59.0 Å². The summed E-state index contributed by atoms with van der Waals surface area (Å²) in [5.41, 5.74) is 0. The van der Waals surface area contributed by atoms with Crippen LogP contribution in [-0.4, -0.2) is 62.5 Å². The Morgan fingerprint density at radius 2 is 1.71 bits per heavy atom. The molecule has 84 valence electrons. The molecule has 0 rings (SSSR count). The molecule has 0 heterocycles. The van der Waals surface area contributed by atoms with Crippen molar-refractivity contribution < 1.29 is 19.4 Å². The molecule has 0 bridgehead atoms. The van der Waals surface area contributed by atoms with E-state index in [0.29, 0.717) is 26.3 Å². The second-order valence-corrected chi connectivity index (χ2v) is 2.99. The van der Waals surface area contributed by atoms with E-state index in [2.05, 4.69) is 0 Å². The number of hydrogen-bond donors (Lipinski definition) is 1. The van der Waals surface area contributed by atoms with Crippen molar-refractivity contribution in [1.82, 2.24) is 4.90 Å². The first-order valence-electron chi connectivity index (χ1n) is 4.58. The first-order chi connectivity index (χ1) is 6.63. The summed E-state index contributed by atoms with van der Waals surface area (Å²) in [4.78, 5) is 12.9. The highest BCUT2D eigenvalue weighted by Crippen LogP contribution is 1.95. The highest BCUT2D eigenvalue weighted by Gasteiger charge is 2.17. The fourth-order valence-electron chi connectivity index (χ4n) is 0.999. The second-order valence-electron chi connectivity index (χ2n) is 2.99. The molecular formula is C9H19NO4. The van der Waals surface area contributed by atoms with Gasteiger partial charge in [0.05, 0.1) is 13.2 Å². The van der Waals surface area contributed by atoms with E-state index < -0.39 is 6.10 Å². The van der Waals surface area contributed by atoms with Crippen molar-refractivity contribution in [3.63, 3.8) is 0 Å². The maximum absolute atomic E-state index is 11.4. The van der Waals surface area contributed by atoms with Crippen LogP contribution in [-0.2, 0) is 14.3 Å². The normalized spacial score (nSPS) is 12.6. The van der Waals surface area contributed by atoms with Crippen molar-refractivity contribution in [2.24, 2.45) is 0 Å². The Labute approximate surface area is 84.6 Å². The van der Waals surface area contributed by atoms with Crippen LogP contribution < -0.4 is 0 Å². The third-order valence-electron chi connectivity index (χ3n) is 1.80. The molecule has 5 nitrogen and oxygen atoms in total. The zero-order valence-corrected chi connectivity index (χ0v) is 9.02. The Morgan fingerprint density at radius 3 is 2.00 bits per heavy atom. The minimum absolute atomic E-state index is 0.292. The molecule has 0 aliphatic carbocycles. The highest BCUT2D eigenvalue weighted by molar-refractivity contribution is 5.80. The molecular weight excluding hydrogens is 186 g/mol. The number of aliphatic hydroxyl groups excluding tert-OH is 1. The molecule has 0 aliphatic heterocycles. The van der Waals surface area contributed by atoms with E-state index in [0.717, 1.165) is 0 Å². The van der Waals surface area contributed by atoms with Crippen LogP contribution in [0.15, 0.2) is 0 Å². The minimum atomic E-state index is -0.969. The van der Waals surface area contributed by atoms with Gasteiger partial charge in [-0.2, -0.15) is 0 Å². The van der Waals surface area contributed by atoms with Gasteiger partial charge in [0.15, 0.2) is 0 Å². The molecule has 0 aromatic rings. The van der Waals surface area contributed by atoms with Crippen LogP contribution in [0, 0.1) is 0 Å². The molecule has 0 aliphatic rings. The Bertz CT molecular complexity index is 153. The monoisotopic (exact) mass is 205 g/mol. The van der Waals surface area contributed by atoms with Gasteiger partial charge < -0.3 is 19.5 Å². The zero-order chi connectivity index (χ0) is 11.0. The average molecular weight is 205 g/mol. The number of carbonyl (C=O) groups is 1. The van der Waals surface area contributed by atoms with Gasteiger partial charge >= 0.3 is 0 Å². The molecule has 0 aromatic carbocycles. The number of carbonyl (C=O) groups excluding carboxylic acids is 1. The van der Waals surface area contributed by atoms with Gasteiger partial charge in [0.2, 0.25) is 0 Å². The maximum Gasteiger partial charge on any atom is 0.251 e. The molecule has 1 amide bonds. The molecule has 0 aromatic heterocycles. The van der Waals surface area contributed by atoms with Crippen molar-refractivity contribution in [2.45, 2.75) is 13.0 Å². The summed E-state index contributed by atoms with van der Waals surface area (Å²) in [6.45, 7) is 3.33. The van der Waals surface area contributed by atoms with Gasteiger partial charge in [0.25, 0.3) is 5.91 Å². The first-order valence-corrected chi connectivity index (χ1v) is 4.58. The van der Waals surface area contributed by atoms with Crippen LogP contribution in [0.4, 0.5) is 0 Å². The predicted octanol–water partition coefficient (Wildman–Crippen LogP) is -0.511. The molecule has 1 N–H and O–H groups in total. The maximum atomic E-state index is 11.4. The third-order valence-corrected chi connectivity index (χ3v) is 1.80. The molecule has 0 fully saturated rings. The van der Waals surface area contributed by atoms with Crippen LogP contribution in [0.1, 0.15) is 6.92 Å². The first kappa shape index (κ1) is 13.4. The lowest BCUT2D eigenvalue weighted by Crippen LogP contribution is -2.41. The Kier molecular flexibility index (Phi) is 7.37. The molecule has 1 atom stereocenters. The number of aliphatic hydroxyl groups is 1. The number of amides is 1. The quantitative estimate of drug-likeness (QED) is 0.608. The largest absolute Gasteiger partial charge is 0.384 e. The van der Waals surface area contributed by atoms with Crippen LogP contribution in [0.5, 0.6) is 0 Å². The molecule has 0 saturated heterocycles. The third kappa shape index (κ3) is 5.16. The lowest BCUT2D eigenvalue weighted by molar-refractivity contribution is -0.140. The number of methoxy groups -OCH3 is 2. The van der Waals surface area contributed by atoms with E-state index in [-0.39, 0.29) is 5.91 Å². The molecule has 14 heavy (non-hydrogen) atoms.